The van der Waals surface area contributed by atoms with Gasteiger partial charge in [0.1, 0.15) is 6.04 Å². The van der Waals surface area contributed by atoms with Crippen molar-refractivity contribution in [1.29, 1.82) is 0 Å². The first-order chi connectivity index (χ1) is 8.74. The zero-order valence-corrected chi connectivity index (χ0v) is 11.7. The molecule has 0 amide bonds. The first kappa shape index (κ1) is 14.0. The maximum Gasteiger partial charge on any atom is 0.322 e. The Morgan fingerprint density at radius 1 is 1.53 bits per heavy atom. The van der Waals surface area contributed by atoms with E-state index in [1.165, 1.54) is 7.05 Å². The molecular weight excluding hydrogens is 272 g/mol. The lowest BCUT2D eigenvalue weighted by Crippen LogP contribution is -2.54. The Kier molecular flexibility index (Phi) is 3.37. The first-order valence-corrected chi connectivity index (χ1v) is 7.14. The number of aliphatic carboxylic acids is 1. The highest BCUT2D eigenvalue weighted by Gasteiger charge is 2.41. The van der Waals surface area contributed by atoms with E-state index in [-0.39, 0.29) is 6.42 Å². The van der Waals surface area contributed by atoms with E-state index in [1.54, 1.807) is 17.9 Å². The number of rotatable bonds is 2. The van der Waals surface area contributed by atoms with Gasteiger partial charge in [-0.3, -0.25) is 9.48 Å². The third-order valence-electron chi connectivity index (χ3n) is 3.50. The van der Waals surface area contributed by atoms with E-state index < -0.39 is 28.3 Å². The fourth-order valence-electron chi connectivity index (χ4n) is 2.15. The normalized spacial score (nSPS) is 27.3. The van der Waals surface area contributed by atoms with Gasteiger partial charge in [-0.15, -0.1) is 0 Å². The molecule has 2 unspecified atom stereocenters. The zero-order chi connectivity index (χ0) is 14.4. The molecule has 19 heavy (non-hydrogen) atoms. The maximum absolute atomic E-state index is 11.9. The molecule has 0 aromatic carbocycles. The van der Waals surface area contributed by atoms with Crippen LogP contribution in [-0.4, -0.2) is 46.7 Å². The Bertz CT molecular complexity index is 609. The van der Waals surface area contributed by atoms with Crippen molar-refractivity contribution in [3.05, 3.63) is 17.5 Å². The van der Waals surface area contributed by atoms with Gasteiger partial charge >= 0.3 is 5.97 Å². The fourth-order valence-corrected chi connectivity index (χ4v) is 3.42. The predicted molar refractivity (Wildman–Crippen MR) is 66.5 cm³/mol. The Hall–Kier alpha value is -1.45. The standard InChI is InChI=1S/C10H16N4O4S/c1-6-7(5-11-13(6)2)8-4-9(10(15)16)14(3)19(17,18)12-8/h5,8-9,12H,4H2,1-3H3,(H,15,16). The minimum atomic E-state index is -3.80. The second-order valence-electron chi connectivity index (χ2n) is 4.59. The molecule has 106 valence electrons. The van der Waals surface area contributed by atoms with Crippen LogP contribution in [0.2, 0.25) is 0 Å². The molecule has 1 aliphatic rings. The van der Waals surface area contributed by atoms with Crippen LogP contribution in [-0.2, 0) is 22.1 Å². The second-order valence-corrected chi connectivity index (χ2v) is 6.35. The number of aromatic nitrogens is 2. The van der Waals surface area contributed by atoms with Gasteiger partial charge in [-0.2, -0.15) is 22.5 Å². The summed E-state index contributed by atoms with van der Waals surface area (Å²) in [5, 5.41) is 13.2. The van der Waals surface area contributed by atoms with Crippen molar-refractivity contribution in [3.63, 3.8) is 0 Å². The van der Waals surface area contributed by atoms with Gasteiger partial charge in [0, 0.05) is 25.4 Å². The monoisotopic (exact) mass is 288 g/mol. The Morgan fingerprint density at radius 3 is 2.63 bits per heavy atom. The van der Waals surface area contributed by atoms with Crippen molar-refractivity contribution in [1.82, 2.24) is 18.8 Å². The molecular formula is C10H16N4O4S. The fraction of sp³-hybridized carbons (Fsp3) is 0.600. The summed E-state index contributed by atoms with van der Waals surface area (Å²) in [5.74, 6) is -1.15. The molecule has 0 saturated carbocycles. The number of carbonyl (C=O) groups is 1. The molecule has 1 aliphatic heterocycles. The molecule has 8 nitrogen and oxygen atoms in total. The van der Waals surface area contributed by atoms with Gasteiger partial charge in [-0.25, -0.2) is 0 Å². The minimum Gasteiger partial charge on any atom is -0.480 e. The van der Waals surface area contributed by atoms with E-state index in [4.69, 9.17) is 5.11 Å². The van der Waals surface area contributed by atoms with Crippen LogP contribution in [0, 0.1) is 6.92 Å². The summed E-state index contributed by atoms with van der Waals surface area (Å²) in [6.45, 7) is 1.81. The second kappa shape index (κ2) is 4.58. The van der Waals surface area contributed by atoms with Crippen LogP contribution in [0.5, 0.6) is 0 Å². The summed E-state index contributed by atoms with van der Waals surface area (Å²) in [7, 11) is -0.791. The molecule has 1 aromatic heterocycles. The van der Waals surface area contributed by atoms with Gasteiger partial charge in [-0.05, 0) is 13.3 Å². The molecule has 2 heterocycles. The van der Waals surface area contributed by atoms with E-state index in [9.17, 15) is 13.2 Å². The van der Waals surface area contributed by atoms with Crippen LogP contribution in [0.15, 0.2) is 6.20 Å². The van der Waals surface area contributed by atoms with Gasteiger partial charge in [-0.1, -0.05) is 0 Å². The third kappa shape index (κ3) is 2.36. The van der Waals surface area contributed by atoms with Crippen LogP contribution in [0.1, 0.15) is 23.7 Å². The number of nitrogens with zero attached hydrogens (tertiary/aromatic N) is 3. The van der Waals surface area contributed by atoms with Crippen LogP contribution < -0.4 is 4.72 Å². The molecule has 2 rings (SSSR count). The summed E-state index contributed by atoms with van der Waals surface area (Å²) >= 11 is 0. The molecule has 0 aliphatic carbocycles. The summed E-state index contributed by atoms with van der Waals surface area (Å²) < 4.78 is 28.8. The molecule has 2 N–H and O–H groups in total. The summed E-state index contributed by atoms with van der Waals surface area (Å²) in [6.07, 6.45) is 1.73. The maximum atomic E-state index is 11.9. The van der Waals surface area contributed by atoms with E-state index in [2.05, 4.69) is 9.82 Å². The van der Waals surface area contributed by atoms with Crippen molar-refractivity contribution in [2.24, 2.45) is 7.05 Å². The lowest BCUT2D eigenvalue weighted by molar-refractivity contribution is -0.141. The van der Waals surface area contributed by atoms with Crippen molar-refractivity contribution in [2.75, 3.05) is 7.05 Å². The molecule has 2 atom stereocenters. The summed E-state index contributed by atoms with van der Waals surface area (Å²) in [5.41, 5.74) is 1.51. The van der Waals surface area contributed by atoms with Gasteiger partial charge in [0.05, 0.1) is 12.2 Å². The van der Waals surface area contributed by atoms with Crippen molar-refractivity contribution in [2.45, 2.75) is 25.4 Å². The predicted octanol–water partition coefficient (Wildman–Crippen LogP) is -0.607. The van der Waals surface area contributed by atoms with Gasteiger partial charge in [0.2, 0.25) is 0 Å². The smallest absolute Gasteiger partial charge is 0.322 e. The molecule has 9 heteroatoms. The van der Waals surface area contributed by atoms with Gasteiger partial charge in [0.15, 0.2) is 0 Å². The molecule has 0 spiro atoms. The Labute approximate surface area is 111 Å². The number of carboxylic acid groups (broad SMARTS) is 1. The highest BCUT2D eigenvalue weighted by molar-refractivity contribution is 7.87. The Morgan fingerprint density at radius 2 is 2.16 bits per heavy atom. The van der Waals surface area contributed by atoms with Crippen LogP contribution in [0.25, 0.3) is 0 Å². The highest BCUT2D eigenvalue weighted by atomic mass is 32.2. The lowest BCUT2D eigenvalue weighted by atomic mass is 10.0. The van der Waals surface area contributed by atoms with E-state index in [1.807, 2.05) is 6.92 Å². The molecule has 0 radical (unpaired) electrons. The van der Waals surface area contributed by atoms with Crippen molar-refractivity contribution < 1.29 is 18.3 Å². The zero-order valence-electron chi connectivity index (χ0n) is 10.9. The van der Waals surface area contributed by atoms with Crippen LogP contribution in [0.3, 0.4) is 0 Å². The van der Waals surface area contributed by atoms with Crippen molar-refractivity contribution in [3.8, 4) is 0 Å². The number of likely N-dealkylation sites (N-methyl/N-ethyl adjacent to an activating group) is 1. The molecule has 1 saturated heterocycles. The van der Waals surface area contributed by atoms with Gasteiger partial charge < -0.3 is 5.11 Å². The number of hydrogen-bond acceptors (Lipinski definition) is 4. The third-order valence-corrected chi connectivity index (χ3v) is 5.10. The number of hydrogen-bond donors (Lipinski definition) is 2. The number of aryl methyl sites for hydroxylation is 1. The van der Waals surface area contributed by atoms with Crippen LogP contribution >= 0.6 is 0 Å². The number of carboxylic acids is 1. The lowest BCUT2D eigenvalue weighted by Gasteiger charge is -2.34. The SMILES string of the molecule is Cc1c(C2CC(C(=O)O)N(C)S(=O)(=O)N2)cnn1C. The highest BCUT2D eigenvalue weighted by Crippen LogP contribution is 2.29. The minimum absolute atomic E-state index is 0.164. The molecule has 1 aromatic rings. The van der Waals surface area contributed by atoms with Crippen molar-refractivity contribution >= 4 is 16.2 Å². The van der Waals surface area contributed by atoms with E-state index >= 15 is 0 Å². The average Bonchev–Trinajstić information content (AvgIpc) is 2.63. The van der Waals surface area contributed by atoms with E-state index in [0.717, 1.165) is 10.00 Å². The summed E-state index contributed by atoms with van der Waals surface area (Å²) in [4.78, 5) is 11.2. The molecule has 0 bridgehead atoms. The largest absolute Gasteiger partial charge is 0.480 e. The number of nitrogens with one attached hydrogen (secondary N) is 1. The summed E-state index contributed by atoms with van der Waals surface area (Å²) in [6, 6.07) is -1.65. The Balaban J connectivity index is 2.39. The van der Waals surface area contributed by atoms with E-state index in [0.29, 0.717) is 5.56 Å². The average molecular weight is 288 g/mol. The van der Waals surface area contributed by atoms with Crippen LogP contribution in [0.4, 0.5) is 0 Å². The first-order valence-electron chi connectivity index (χ1n) is 5.70. The quantitative estimate of drug-likeness (QED) is 0.755. The molecule has 1 fully saturated rings. The topological polar surface area (TPSA) is 105 Å². The van der Waals surface area contributed by atoms with Gasteiger partial charge in [0.25, 0.3) is 10.2 Å².